The first-order valence-electron chi connectivity index (χ1n) is 14.1. The van der Waals surface area contributed by atoms with E-state index in [1.165, 1.54) is 32.9 Å². The zero-order valence-electron chi connectivity index (χ0n) is 26.4. The van der Waals surface area contributed by atoms with E-state index in [9.17, 15) is 26.0 Å². The van der Waals surface area contributed by atoms with Gasteiger partial charge in [0.25, 0.3) is 8.32 Å². The second-order valence-corrected chi connectivity index (χ2v) is 20.6. The van der Waals surface area contributed by atoms with Crippen LogP contribution in [0.4, 0.5) is 26.3 Å². The SMILES string of the molecule is CC(C)(C)[Si](C)(C)Oc1ccc(C(Cc2ccccc2)(NS(=O)(=O)C(C)(C)C)c2cc(F)cc(OC(F)(F)C(F)F)c2)cc1F. The molecule has 0 radical (unpaired) electrons. The normalized spacial score (nSPS) is 14.7. The van der Waals surface area contributed by atoms with E-state index in [1.54, 1.807) is 30.3 Å². The molecular weight excluding hydrogens is 636 g/mol. The summed E-state index contributed by atoms with van der Waals surface area (Å²) < 4.78 is 124. The summed E-state index contributed by atoms with van der Waals surface area (Å²) in [5.41, 5.74) is -1.88. The van der Waals surface area contributed by atoms with Crippen LogP contribution in [-0.4, -0.2) is 34.0 Å². The maximum atomic E-state index is 15.9. The summed E-state index contributed by atoms with van der Waals surface area (Å²) in [6.07, 6.45) is -9.48. The number of hydrogen-bond donors (Lipinski definition) is 1. The lowest BCUT2D eigenvalue weighted by Crippen LogP contribution is -2.53. The van der Waals surface area contributed by atoms with Gasteiger partial charge in [-0.15, -0.1) is 0 Å². The van der Waals surface area contributed by atoms with E-state index in [0.717, 1.165) is 18.2 Å². The van der Waals surface area contributed by atoms with E-state index in [0.29, 0.717) is 11.6 Å². The monoisotopic (exact) mass is 675 g/mol. The van der Waals surface area contributed by atoms with Gasteiger partial charge < -0.3 is 9.16 Å². The molecule has 1 atom stereocenters. The minimum absolute atomic E-state index is 0.0311. The standard InChI is InChI=1S/C32H39F6NO4SSi/c1-29(2,3)44(40,41)39-31(20-21-12-10-9-11-13-21,23-16-24(33)19-25(17-23)42-32(37,38)28(35)36)22-14-15-27(26(34)18-22)43-45(7,8)30(4,5)6/h9-19,28,39H,20H2,1-8H3. The van der Waals surface area contributed by atoms with Crippen molar-refractivity contribution in [2.45, 2.75) is 88.9 Å². The molecule has 3 aromatic rings. The third-order valence-electron chi connectivity index (χ3n) is 7.89. The fourth-order valence-electron chi connectivity index (χ4n) is 4.16. The molecule has 3 aromatic carbocycles. The van der Waals surface area contributed by atoms with Crippen molar-refractivity contribution in [1.29, 1.82) is 0 Å². The summed E-state index contributed by atoms with van der Waals surface area (Å²) in [5, 5.41) is -0.282. The minimum atomic E-state index is -4.98. The van der Waals surface area contributed by atoms with Gasteiger partial charge >= 0.3 is 12.5 Å². The molecule has 0 aliphatic heterocycles. The van der Waals surface area contributed by atoms with Gasteiger partial charge in [0.2, 0.25) is 10.0 Å². The van der Waals surface area contributed by atoms with Crippen LogP contribution in [-0.2, 0) is 22.0 Å². The molecule has 248 valence electrons. The van der Waals surface area contributed by atoms with Crippen molar-refractivity contribution in [2.75, 3.05) is 0 Å². The van der Waals surface area contributed by atoms with Gasteiger partial charge in [0.05, 0.1) is 10.3 Å². The average Bonchev–Trinajstić information content (AvgIpc) is 2.87. The third-order valence-corrected chi connectivity index (χ3v) is 14.5. The predicted molar refractivity (Wildman–Crippen MR) is 165 cm³/mol. The van der Waals surface area contributed by atoms with Gasteiger partial charge in [0.15, 0.2) is 5.82 Å². The van der Waals surface area contributed by atoms with E-state index in [2.05, 4.69) is 9.46 Å². The molecule has 0 aliphatic rings. The fraction of sp³-hybridized carbons (Fsp3) is 0.438. The van der Waals surface area contributed by atoms with Crippen LogP contribution < -0.4 is 13.9 Å². The molecule has 0 saturated carbocycles. The molecule has 0 bridgehead atoms. The van der Waals surface area contributed by atoms with E-state index >= 15 is 8.78 Å². The highest BCUT2D eigenvalue weighted by Gasteiger charge is 2.46. The minimum Gasteiger partial charge on any atom is -0.542 e. The van der Waals surface area contributed by atoms with Crippen LogP contribution in [0.5, 0.6) is 11.5 Å². The molecule has 0 aromatic heterocycles. The van der Waals surface area contributed by atoms with Gasteiger partial charge in [-0.2, -0.15) is 22.3 Å². The van der Waals surface area contributed by atoms with E-state index in [1.807, 2.05) is 33.9 Å². The number of sulfonamides is 1. The van der Waals surface area contributed by atoms with Crippen LogP contribution in [0.3, 0.4) is 0 Å². The Morgan fingerprint density at radius 2 is 1.44 bits per heavy atom. The van der Waals surface area contributed by atoms with Crippen LogP contribution in [0.15, 0.2) is 66.7 Å². The first kappa shape index (κ1) is 36.4. The van der Waals surface area contributed by atoms with Gasteiger partial charge in [-0.25, -0.2) is 17.2 Å². The largest absolute Gasteiger partial charge is 0.542 e. The number of hydrogen-bond acceptors (Lipinski definition) is 4. The van der Waals surface area contributed by atoms with Crippen LogP contribution in [0.1, 0.15) is 58.2 Å². The van der Waals surface area contributed by atoms with Crippen molar-refractivity contribution < 1.29 is 43.9 Å². The molecule has 13 heteroatoms. The summed E-state index contributed by atoms with van der Waals surface area (Å²) in [6.45, 7) is 14.0. The number of ether oxygens (including phenoxy) is 1. The van der Waals surface area contributed by atoms with Gasteiger partial charge in [-0.05, 0) is 86.3 Å². The summed E-state index contributed by atoms with van der Waals surface area (Å²) in [5.74, 6) is -3.10. The summed E-state index contributed by atoms with van der Waals surface area (Å²) in [7, 11) is -6.87. The Hall–Kier alpha value is -3.03. The zero-order valence-corrected chi connectivity index (χ0v) is 28.3. The lowest BCUT2D eigenvalue weighted by atomic mass is 9.78. The number of benzene rings is 3. The molecule has 1 unspecified atom stereocenters. The van der Waals surface area contributed by atoms with Crippen molar-refractivity contribution in [1.82, 2.24) is 4.72 Å². The fourth-order valence-corrected chi connectivity index (χ4v) is 6.25. The molecule has 5 nitrogen and oxygen atoms in total. The first-order valence-corrected chi connectivity index (χ1v) is 18.5. The topological polar surface area (TPSA) is 64.6 Å². The van der Waals surface area contributed by atoms with Gasteiger partial charge in [-0.3, -0.25) is 0 Å². The Morgan fingerprint density at radius 1 is 0.844 bits per heavy atom. The van der Waals surface area contributed by atoms with Crippen molar-refractivity contribution in [2.24, 2.45) is 0 Å². The molecule has 45 heavy (non-hydrogen) atoms. The van der Waals surface area contributed by atoms with Crippen LogP contribution >= 0.6 is 0 Å². The number of rotatable bonds is 11. The van der Waals surface area contributed by atoms with Crippen molar-refractivity contribution in [3.05, 3.63) is 95.1 Å². The number of halogens is 6. The first-order chi connectivity index (χ1) is 20.4. The lowest BCUT2D eigenvalue weighted by molar-refractivity contribution is -0.253. The van der Waals surface area contributed by atoms with Crippen LogP contribution in [0.2, 0.25) is 18.1 Å². The quantitative estimate of drug-likeness (QED) is 0.163. The Balaban J connectivity index is 2.38. The second-order valence-electron chi connectivity index (χ2n) is 13.4. The van der Waals surface area contributed by atoms with E-state index in [4.69, 9.17) is 4.43 Å². The molecule has 0 saturated heterocycles. The maximum Gasteiger partial charge on any atom is 0.461 e. The summed E-state index contributed by atoms with van der Waals surface area (Å²) in [4.78, 5) is 0. The highest BCUT2D eigenvalue weighted by atomic mass is 32.2. The Labute approximate surface area is 262 Å². The predicted octanol–water partition coefficient (Wildman–Crippen LogP) is 8.79. The van der Waals surface area contributed by atoms with Crippen LogP contribution in [0.25, 0.3) is 0 Å². The van der Waals surface area contributed by atoms with Crippen molar-refractivity contribution in [3.8, 4) is 11.5 Å². The highest BCUT2D eigenvalue weighted by Crippen LogP contribution is 2.42. The summed E-state index contributed by atoms with van der Waals surface area (Å²) >= 11 is 0. The number of nitrogens with one attached hydrogen (secondary N) is 1. The third kappa shape index (κ3) is 8.22. The van der Waals surface area contributed by atoms with Crippen LogP contribution in [0, 0.1) is 11.6 Å². The smallest absolute Gasteiger partial charge is 0.461 e. The molecule has 3 rings (SSSR count). The Morgan fingerprint density at radius 3 is 1.96 bits per heavy atom. The summed E-state index contributed by atoms with van der Waals surface area (Å²) in [6, 6.07) is 14.3. The van der Waals surface area contributed by atoms with Gasteiger partial charge in [0.1, 0.15) is 17.3 Å². The molecule has 0 aliphatic carbocycles. The molecule has 0 spiro atoms. The molecular formula is C32H39F6NO4SSi. The number of alkyl halides is 4. The molecule has 0 heterocycles. The van der Waals surface area contributed by atoms with Gasteiger partial charge in [0, 0.05) is 6.07 Å². The second kappa shape index (κ2) is 12.6. The Kier molecular flexibility index (Phi) is 10.2. The van der Waals surface area contributed by atoms with E-state index < -0.39 is 58.5 Å². The lowest BCUT2D eigenvalue weighted by Gasteiger charge is -2.39. The van der Waals surface area contributed by atoms with E-state index in [-0.39, 0.29) is 28.3 Å². The van der Waals surface area contributed by atoms with Crippen molar-refractivity contribution in [3.63, 3.8) is 0 Å². The van der Waals surface area contributed by atoms with Gasteiger partial charge in [-0.1, -0.05) is 57.2 Å². The zero-order chi connectivity index (χ0) is 34.2. The van der Waals surface area contributed by atoms with Crippen molar-refractivity contribution >= 4 is 18.3 Å². The molecule has 1 N–H and O–H groups in total. The average molecular weight is 676 g/mol. The Bertz CT molecular complexity index is 1610. The highest BCUT2D eigenvalue weighted by molar-refractivity contribution is 7.90. The maximum absolute atomic E-state index is 15.9. The molecule has 0 fully saturated rings. The molecule has 0 amide bonds.